The van der Waals surface area contributed by atoms with Gasteiger partial charge in [0.1, 0.15) is 0 Å². The molecule has 0 aromatic heterocycles. The Bertz CT molecular complexity index is 497. The fourth-order valence-corrected chi connectivity index (χ4v) is 3.37. The largest absolute Gasteiger partial charge is 0.342 e. The number of carbonyl (C=O) groups excluding carboxylic acids is 1. The molecular formula is C19H30N2O. The van der Waals surface area contributed by atoms with Crippen molar-refractivity contribution in [2.24, 2.45) is 17.1 Å². The summed E-state index contributed by atoms with van der Waals surface area (Å²) in [5.74, 6) is 0.561. The van der Waals surface area contributed by atoms with Gasteiger partial charge in [-0.25, -0.2) is 0 Å². The van der Waals surface area contributed by atoms with Crippen LogP contribution in [0.15, 0.2) is 30.3 Å². The molecule has 1 aliphatic rings. The minimum absolute atomic E-state index is 0.00932. The predicted octanol–water partition coefficient (Wildman–Crippen LogP) is 3.40. The fraction of sp³-hybridized carbons (Fsp3) is 0.632. The van der Waals surface area contributed by atoms with Crippen LogP contribution in [0.4, 0.5) is 0 Å². The van der Waals surface area contributed by atoms with Crippen LogP contribution in [0.3, 0.4) is 0 Å². The van der Waals surface area contributed by atoms with Crippen LogP contribution in [0.2, 0.25) is 0 Å². The molecule has 3 heteroatoms. The Morgan fingerprint density at radius 3 is 2.55 bits per heavy atom. The molecule has 2 rings (SSSR count). The highest BCUT2D eigenvalue weighted by Gasteiger charge is 2.38. The van der Waals surface area contributed by atoms with E-state index in [0.29, 0.717) is 5.92 Å². The third kappa shape index (κ3) is 3.52. The molecule has 2 N–H and O–H groups in total. The number of rotatable bonds is 4. The van der Waals surface area contributed by atoms with E-state index in [1.807, 2.05) is 23.1 Å². The molecule has 0 spiro atoms. The van der Waals surface area contributed by atoms with E-state index in [1.54, 1.807) is 0 Å². The lowest BCUT2D eigenvalue weighted by Gasteiger charge is -2.44. The van der Waals surface area contributed by atoms with Crippen LogP contribution in [-0.4, -0.2) is 29.9 Å². The number of hydrogen-bond acceptors (Lipinski definition) is 2. The summed E-state index contributed by atoms with van der Waals surface area (Å²) in [5.41, 5.74) is 7.33. The van der Waals surface area contributed by atoms with Gasteiger partial charge in [-0.1, -0.05) is 64.4 Å². The maximum absolute atomic E-state index is 13.2. The van der Waals surface area contributed by atoms with Gasteiger partial charge in [-0.15, -0.1) is 0 Å². The normalized spacial score (nSPS) is 23.9. The van der Waals surface area contributed by atoms with Crippen molar-refractivity contribution in [1.29, 1.82) is 0 Å². The smallest absolute Gasteiger partial charge is 0.230 e. The van der Waals surface area contributed by atoms with Crippen molar-refractivity contribution in [3.63, 3.8) is 0 Å². The van der Waals surface area contributed by atoms with Crippen molar-refractivity contribution in [1.82, 2.24) is 4.90 Å². The number of piperidine rings is 1. The van der Waals surface area contributed by atoms with E-state index in [4.69, 9.17) is 5.73 Å². The summed E-state index contributed by atoms with van der Waals surface area (Å²) in [6, 6.07) is 10.4. The van der Waals surface area contributed by atoms with Crippen LogP contribution >= 0.6 is 0 Å². The zero-order chi connectivity index (χ0) is 16.3. The number of carbonyl (C=O) groups is 1. The first-order chi connectivity index (χ1) is 10.4. The van der Waals surface area contributed by atoms with Crippen molar-refractivity contribution in [2.45, 2.75) is 52.5 Å². The summed E-state index contributed by atoms with van der Waals surface area (Å²) < 4.78 is 0. The van der Waals surface area contributed by atoms with Crippen molar-refractivity contribution in [3.05, 3.63) is 35.9 Å². The molecule has 1 saturated heterocycles. The first-order valence-corrected chi connectivity index (χ1v) is 8.46. The second-order valence-electron chi connectivity index (χ2n) is 7.42. The van der Waals surface area contributed by atoms with Gasteiger partial charge >= 0.3 is 0 Å². The minimum Gasteiger partial charge on any atom is -0.342 e. The quantitative estimate of drug-likeness (QED) is 0.926. The summed E-state index contributed by atoms with van der Waals surface area (Å²) in [6.07, 6.45) is 1.89. The Morgan fingerprint density at radius 1 is 1.36 bits per heavy atom. The Hall–Kier alpha value is -1.35. The van der Waals surface area contributed by atoms with Crippen molar-refractivity contribution in [2.75, 3.05) is 13.1 Å². The average molecular weight is 302 g/mol. The molecule has 1 fully saturated rings. The highest BCUT2D eigenvalue weighted by molar-refractivity contribution is 5.84. The maximum Gasteiger partial charge on any atom is 0.230 e. The second-order valence-corrected chi connectivity index (χ2v) is 7.42. The lowest BCUT2D eigenvalue weighted by molar-refractivity contribution is -0.137. The summed E-state index contributed by atoms with van der Waals surface area (Å²) in [6.45, 7) is 10.2. The van der Waals surface area contributed by atoms with Crippen LogP contribution in [0.1, 0.15) is 52.0 Å². The molecule has 122 valence electrons. The van der Waals surface area contributed by atoms with Gasteiger partial charge in [0.15, 0.2) is 0 Å². The Labute approximate surface area is 134 Å². The van der Waals surface area contributed by atoms with Crippen molar-refractivity contribution >= 4 is 5.91 Å². The van der Waals surface area contributed by atoms with E-state index >= 15 is 0 Å². The first kappa shape index (κ1) is 17.0. The Balaban J connectivity index is 2.23. The molecule has 3 unspecified atom stereocenters. The number of likely N-dealkylation sites (tertiary alicyclic amines) is 1. The Kier molecular flexibility index (Phi) is 5.28. The highest BCUT2D eigenvalue weighted by Crippen LogP contribution is 2.33. The fourth-order valence-electron chi connectivity index (χ4n) is 3.37. The monoisotopic (exact) mass is 302 g/mol. The maximum atomic E-state index is 13.2. The molecule has 22 heavy (non-hydrogen) atoms. The van der Waals surface area contributed by atoms with E-state index in [1.165, 1.54) is 0 Å². The van der Waals surface area contributed by atoms with Crippen LogP contribution in [0.5, 0.6) is 0 Å². The van der Waals surface area contributed by atoms with E-state index in [0.717, 1.165) is 31.5 Å². The summed E-state index contributed by atoms with van der Waals surface area (Å²) >= 11 is 0. The molecule has 0 aliphatic carbocycles. The molecule has 3 nitrogen and oxygen atoms in total. The average Bonchev–Trinajstić information content (AvgIpc) is 2.51. The van der Waals surface area contributed by atoms with Crippen LogP contribution < -0.4 is 5.73 Å². The summed E-state index contributed by atoms with van der Waals surface area (Å²) in [4.78, 5) is 15.2. The highest BCUT2D eigenvalue weighted by atomic mass is 16.2. The third-order valence-corrected chi connectivity index (χ3v) is 5.26. The van der Waals surface area contributed by atoms with Gasteiger partial charge in [-0.2, -0.15) is 0 Å². The first-order valence-electron chi connectivity index (χ1n) is 8.46. The van der Waals surface area contributed by atoms with Gasteiger partial charge in [0.2, 0.25) is 5.91 Å². The zero-order valence-electron chi connectivity index (χ0n) is 14.4. The molecule has 3 atom stereocenters. The standard InChI is InChI=1S/C19H30N2O/c1-5-14(2)17(15-9-7-6-8-10-15)18(22)21-12-11-16(20)19(3,4)13-21/h6-10,14,16-17H,5,11-13,20H2,1-4H3. The van der Waals surface area contributed by atoms with Gasteiger partial charge in [0.05, 0.1) is 5.92 Å². The minimum atomic E-state index is -0.0451. The molecule has 1 amide bonds. The molecule has 1 heterocycles. The summed E-state index contributed by atoms with van der Waals surface area (Å²) in [7, 11) is 0. The van der Waals surface area contributed by atoms with Gasteiger partial charge in [-0.05, 0) is 23.3 Å². The molecule has 1 aliphatic heterocycles. The zero-order valence-corrected chi connectivity index (χ0v) is 14.4. The van der Waals surface area contributed by atoms with Gasteiger partial charge < -0.3 is 10.6 Å². The third-order valence-electron chi connectivity index (χ3n) is 5.26. The SMILES string of the molecule is CCC(C)C(C(=O)N1CCC(N)C(C)(C)C1)c1ccccc1. The molecule has 1 aromatic carbocycles. The van der Waals surface area contributed by atoms with E-state index in [-0.39, 0.29) is 23.3 Å². The van der Waals surface area contributed by atoms with Crippen LogP contribution in [-0.2, 0) is 4.79 Å². The lowest BCUT2D eigenvalue weighted by Crippen LogP contribution is -2.55. The number of nitrogens with two attached hydrogens (primary N) is 1. The van der Waals surface area contributed by atoms with E-state index < -0.39 is 0 Å². The molecule has 1 aromatic rings. The van der Waals surface area contributed by atoms with Gasteiger partial charge in [0, 0.05) is 19.1 Å². The van der Waals surface area contributed by atoms with Crippen LogP contribution in [0.25, 0.3) is 0 Å². The second kappa shape index (κ2) is 6.82. The summed E-state index contributed by atoms with van der Waals surface area (Å²) in [5, 5.41) is 0. The van der Waals surface area contributed by atoms with E-state index in [9.17, 15) is 4.79 Å². The topological polar surface area (TPSA) is 46.3 Å². The van der Waals surface area contributed by atoms with Crippen molar-refractivity contribution < 1.29 is 4.79 Å². The molecule has 0 bridgehead atoms. The number of amides is 1. The Morgan fingerprint density at radius 2 is 2.00 bits per heavy atom. The van der Waals surface area contributed by atoms with E-state index in [2.05, 4.69) is 39.8 Å². The van der Waals surface area contributed by atoms with Crippen LogP contribution in [0, 0.1) is 11.3 Å². The number of hydrogen-bond donors (Lipinski definition) is 1. The molecule has 0 saturated carbocycles. The van der Waals surface area contributed by atoms with Gasteiger partial charge in [-0.3, -0.25) is 4.79 Å². The molecular weight excluding hydrogens is 272 g/mol. The van der Waals surface area contributed by atoms with Crippen molar-refractivity contribution in [3.8, 4) is 0 Å². The molecule has 0 radical (unpaired) electrons. The van der Waals surface area contributed by atoms with Gasteiger partial charge in [0.25, 0.3) is 0 Å². The lowest BCUT2D eigenvalue weighted by atomic mass is 9.78. The predicted molar refractivity (Wildman–Crippen MR) is 91.6 cm³/mol. The number of nitrogens with zero attached hydrogens (tertiary/aromatic N) is 1. The number of benzene rings is 1.